The molecule has 0 bridgehead atoms. The lowest BCUT2D eigenvalue weighted by Gasteiger charge is -2.11. The molecule has 0 radical (unpaired) electrons. The average Bonchev–Trinajstić information content (AvgIpc) is 2.70. The van der Waals surface area contributed by atoms with Crippen molar-refractivity contribution in [2.75, 3.05) is 12.4 Å². The summed E-state index contributed by atoms with van der Waals surface area (Å²) in [7, 11) is 3.58. The number of ether oxygens (including phenoxy) is 1. The maximum absolute atomic E-state index is 5.41. The summed E-state index contributed by atoms with van der Waals surface area (Å²) in [6, 6.07) is 8.53. The summed E-state index contributed by atoms with van der Waals surface area (Å²) >= 11 is 0. The van der Waals surface area contributed by atoms with Crippen molar-refractivity contribution in [1.82, 2.24) is 9.78 Å². The molecule has 4 heteroatoms. The first-order valence-corrected chi connectivity index (χ1v) is 6.93. The van der Waals surface area contributed by atoms with Crippen molar-refractivity contribution in [1.29, 1.82) is 0 Å². The molecule has 2 aromatic rings. The molecular formula is C16H23N3O. The first-order valence-electron chi connectivity index (χ1n) is 6.93. The van der Waals surface area contributed by atoms with Gasteiger partial charge in [0.2, 0.25) is 5.88 Å². The van der Waals surface area contributed by atoms with E-state index in [0.29, 0.717) is 12.5 Å². The van der Waals surface area contributed by atoms with Gasteiger partial charge in [-0.15, -0.1) is 0 Å². The number of nitrogens with zero attached hydrogens (tertiary/aromatic N) is 2. The van der Waals surface area contributed by atoms with E-state index in [2.05, 4.69) is 48.5 Å². The van der Waals surface area contributed by atoms with E-state index >= 15 is 0 Å². The van der Waals surface area contributed by atoms with Crippen molar-refractivity contribution in [2.24, 2.45) is 7.05 Å². The van der Waals surface area contributed by atoms with Crippen LogP contribution in [0, 0.1) is 6.92 Å². The number of anilines is 1. The molecule has 1 N–H and O–H groups in total. The van der Waals surface area contributed by atoms with Crippen LogP contribution in [0.25, 0.3) is 0 Å². The molecule has 0 aliphatic carbocycles. The zero-order chi connectivity index (χ0) is 14.7. The van der Waals surface area contributed by atoms with E-state index in [4.69, 9.17) is 4.74 Å². The number of aromatic nitrogens is 2. The lowest BCUT2D eigenvalue weighted by molar-refractivity contribution is 0.370. The molecular weight excluding hydrogens is 250 g/mol. The van der Waals surface area contributed by atoms with Crippen LogP contribution in [0.1, 0.15) is 36.6 Å². The van der Waals surface area contributed by atoms with Crippen LogP contribution in [0.5, 0.6) is 5.88 Å². The molecule has 2 rings (SSSR count). The smallest absolute Gasteiger partial charge is 0.216 e. The summed E-state index contributed by atoms with van der Waals surface area (Å²) in [4.78, 5) is 0. The maximum atomic E-state index is 5.41. The molecule has 0 saturated heterocycles. The maximum Gasteiger partial charge on any atom is 0.216 e. The van der Waals surface area contributed by atoms with Crippen molar-refractivity contribution in [3.8, 4) is 5.88 Å². The highest BCUT2D eigenvalue weighted by Crippen LogP contribution is 2.23. The predicted octanol–water partition coefficient (Wildman–Crippen LogP) is 3.47. The normalized spacial score (nSPS) is 10.9. The monoisotopic (exact) mass is 273 g/mol. The number of nitrogens with one attached hydrogen (secondary N) is 1. The van der Waals surface area contributed by atoms with Gasteiger partial charge >= 0.3 is 0 Å². The second-order valence-corrected chi connectivity index (χ2v) is 5.33. The molecule has 0 amide bonds. The quantitative estimate of drug-likeness (QED) is 0.906. The van der Waals surface area contributed by atoms with Crippen molar-refractivity contribution >= 4 is 5.69 Å². The van der Waals surface area contributed by atoms with E-state index in [9.17, 15) is 0 Å². The van der Waals surface area contributed by atoms with Crippen LogP contribution >= 0.6 is 0 Å². The topological polar surface area (TPSA) is 39.1 Å². The Balaban J connectivity index is 2.15. The lowest BCUT2D eigenvalue weighted by atomic mass is 10.0. The fourth-order valence-electron chi connectivity index (χ4n) is 2.34. The highest BCUT2D eigenvalue weighted by atomic mass is 16.5. The Morgan fingerprint density at radius 3 is 2.75 bits per heavy atom. The molecule has 4 nitrogen and oxygen atoms in total. The largest absolute Gasteiger partial charge is 0.481 e. The average molecular weight is 273 g/mol. The fourth-order valence-corrected chi connectivity index (χ4v) is 2.34. The minimum atomic E-state index is 0.534. The van der Waals surface area contributed by atoms with Gasteiger partial charge in [0.25, 0.3) is 0 Å². The van der Waals surface area contributed by atoms with Gasteiger partial charge in [-0.3, -0.25) is 0 Å². The van der Waals surface area contributed by atoms with Crippen LogP contribution in [-0.4, -0.2) is 16.9 Å². The van der Waals surface area contributed by atoms with Crippen molar-refractivity contribution in [3.63, 3.8) is 0 Å². The summed E-state index contributed by atoms with van der Waals surface area (Å²) in [5.74, 6) is 1.35. The Hall–Kier alpha value is -1.97. The van der Waals surface area contributed by atoms with Gasteiger partial charge in [-0.25, -0.2) is 4.68 Å². The number of aryl methyl sites for hydroxylation is 2. The van der Waals surface area contributed by atoms with E-state index < -0.39 is 0 Å². The van der Waals surface area contributed by atoms with Gasteiger partial charge in [0, 0.05) is 19.3 Å². The van der Waals surface area contributed by atoms with Gasteiger partial charge in [-0.05, 0) is 30.5 Å². The summed E-state index contributed by atoms with van der Waals surface area (Å²) < 4.78 is 7.18. The molecule has 0 spiro atoms. The predicted molar refractivity (Wildman–Crippen MR) is 82.4 cm³/mol. The summed E-state index contributed by atoms with van der Waals surface area (Å²) in [5, 5.41) is 7.84. The molecule has 108 valence electrons. The summed E-state index contributed by atoms with van der Waals surface area (Å²) in [6.07, 6.45) is 0. The first kappa shape index (κ1) is 14.4. The third-order valence-corrected chi connectivity index (χ3v) is 3.50. The second kappa shape index (κ2) is 5.99. The highest BCUT2D eigenvalue weighted by Gasteiger charge is 2.13. The Bertz CT molecular complexity index is 587. The van der Waals surface area contributed by atoms with Gasteiger partial charge in [0.05, 0.1) is 18.4 Å². The number of methoxy groups -OCH3 is 1. The lowest BCUT2D eigenvalue weighted by Crippen LogP contribution is -2.03. The van der Waals surface area contributed by atoms with Crippen molar-refractivity contribution in [3.05, 3.63) is 41.1 Å². The molecule has 0 aliphatic heterocycles. The molecule has 1 aromatic heterocycles. The zero-order valence-electron chi connectivity index (χ0n) is 12.9. The van der Waals surface area contributed by atoms with Gasteiger partial charge in [0.15, 0.2) is 0 Å². The van der Waals surface area contributed by atoms with Gasteiger partial charge < -0.3 is 10.1 Å². The molecule has 0 unspecified atom stereocenters. The third-order valence-electron chi connectivity index (χ3n) is 3.50. The second-order valence-electron chi connectivity index (χ2n) is 5.33. The van der Waals surface area contributed by atoms with Crippen LogP contribution in [0.2, 0.25) is 0 Å². The standard InChI is InChI=1S/C16H23N3O/c1-11(2)13-7-6-8-14(9-13)17-10-15-12(3)18-19(4)16(15)20-5/h6-9,11,17H,10H2,1-5H3. The Labute approximate surface area is 120 Å². The summed E-state index contributed by atoms with van der Waals surface area (Å²) in [6.45, 7) is 7.12. The number of hydrogen-bond acceptors (Lipinski definition) is 3. The van der Waals surface area contributed by atoms with Crippen LogP contribution in [0.4, 0.5) is 5.69 Å². The number of rotatable bonds is 5. The van der Waals surface area contributed by atoms with Gasteiger partial charge in [-0.1, -0.05) is 26.0 Å². The van der Waals surface area contributed by atoms with Crippen molar-refractivity contribution in [2.45, 2.75) is 33.2 Å². The third kappa shape index (κ3) is 2.95. The molecule has 20 heavy (non-hydrogen) atoms. The molecule has 0 fully saturated rings. The fraction of sp³-hybridized carbons (Fsp3) is 0.438. The van der Waals surface area contributed by atoms with Crippen LogP contribution in [0.15, 0.2) is 24.3 Å². The molecule has 0 saturated carbocycles. The molecule has 0 aliphatic rings. The zero-order valence-corrected chi connectivity index (χ0v) is 12.9. The van der Waals surface area contributed by atoms with E-state index in [1.807, 2.05) is 14.0 Å². The minimum Gasteiger partial charge on any atom is -0.481 e. The first-order chi connectivity index (χ1) is 9.52. The van der Waals surface area contributed by atoms with E-state index in [-0.39, 0.29) is 0 Å². The van der Waals surface area contributed by atoms with E-state index in [1.165, 1.54) is 5.56 Å². The van der Waals surface area contributed by atoms with E-state index in [0.717, 1.165) is 22.8 Å². The number of hydrogen-bond donors (Lipinski definition) is 1. The molecule has 1 aromatic carbocycles. The highest BCUT2D eigenvalue weighted by molar-refractivity contribution is 5.48. The SMILES string of the molecule is COc1c(CNc2cccc(C(C)C)c2)c(C)nn1C. The van der Waals surface area contributed by atoms with Gasteiger partial charge in [-0.2, -0.15) is 5.10 Å². The number of benzene rings is 1. The minimum absolute atomic E-state index is 0.534. The van der Waals surface area contributed by atoms with Gasteiger partial charge in [0.1, 0.15) is 0 Å². The summed E-state index contributed by atoms with van der Waals surface area (Å²) in [5.41, 5.74) is 4.56. The Morgan fingerprint density at radius 2 is 2.10 bits per heavy atom. The van der Waals surface area contributed by atoms with Crippen LogP contribution < -0.4 is 10.1 Å². The van der Waals surface area contributed by atoms with Crippen LogP contribution in [0.3, 0.4) is 0 Å². The Kier molecular flexibility index (Phi) is 4.32. The Morgan fingerprint density at radius 1 is 1.35 bits per heavy atom. The molecule has 0 atom stereocenters. The van der Waals surface area contributed by atoms with Crippen LogP contribution in [-0.2, 0) is 13.6 Å². The molecule has 1 heterocycles. The van der Waals surface area contributed by atoms with E-state index in [1.54, 1.807) is 11.8 Å². The van der Waals surface area contributed by atoms with Crippen molar-refractivity contribution < 1.29 is 4.74 Å².